The molecule has 0 N–H and O–H groups in total. The highest BCUT2D eigenvalue weighted by Crippen LogP contribution is 2.27. The average Bonchev–Trinajstić information content (AvgIpc) is 2.45. The molecule has 0 atom stereocenters. The van der Waals surface area contributed by atoms with Gasteiger partial charge >= 0.3 is 6.18 Å². The van der Waals surface area contributed by atoms with Crippen molar-refractivity contribution in [1.29, 1.82) is 5.26 Å². The van der Waals surface area contributed by atoms with Gasteiger partial charge in [-0.3, -0.25) is 4.98 Å². The first-order valence-electron chi connectivity index (χ1n) is 5.81. The van der Waals surface area contributed by atoms with Gasteiger partial charge in [0.15, 0.2) is 0 Å². The Bertz CT molecular complexity index is 696. The molecule has 1 aromatic carbocycles. The molecular weight excluding hydrogens is 301 g/mol. The normalized spacial score (nSPS) is 12.0. The van der Waals surface area contributed by atoms with Gasteiger partial charge in [-0.1, -0.05) is 29.8 Å². The maximum absolute atomic E-state index is 12.4. The number of aromatic nitrogens is 1. The first kappa shape index (κ1) is 15.1. The molecule has 106 valence electrons. The third kappa shape index (κ3) is 3.83. The predicted molar refractivity (Wildman–Crippen MR) is 74.2 cm³/mol. The van der Waals surface area contributed by atoms with Crippen LogP contribution >= 0.6 is 11.6 Å². The van der Waals surface area contributed by atoms with Crippen LogP contribution in [-0.4, -0.2) is 4.98 Å². The third-order valence-corrected chi connectivity index (χ3v) is 2.92. The number of rotatable bonds is 2. The summed E-state index contributed by atoms with van der Waals surface area (Å²) in [7, 11) is 0. The lowest BCUT2D eigenvalue weighted by atomic mass is 10.0. The molecule has 0 amide bonds. The summed E-state index contributed by atoms with van der Waals surface area (Å²) >= 11 is 5.76. The fraction of sp³-hybridized carbons (Fsp3) is 0.0667. The molecule has 0 saturated carbocycles. The molecule has 0 spiro atoms. The summed E-state index contributed by atoms with van der Waals surface area (Å²) in [4.78, 5) is 3.34. The molecule has 21 heavy (non-hydrogen) atoms. The number of hydrogen-bond acceptors (Lipinski definition) is 2. The van der Waals surface area contributed by atoms with Crippen LogP contribution < -0.4 is 0 Å². The van der Waals surface area contributed by atoms with Crippen LogP contribution in [0.5, 0.6) is 0 Å². The number of allylic oxidation sites excluding steroid dienone is 1. The molecule has 1 aromatic heterocycles. The number of nitriles is 1. The first-order valence-corrected chi connectivity index (χ1v) is 6.19. The van der Waals surface area contributed by atoms with E-state index in [0.717, 1.165) is 12.3 Å². The Kier molecular flexibility index (Phi) is 4.29. The molecule has 6 heteroatoms. The second kappa shape index (κ2) is 5.98. The van der Waals surface area contributed by atoms with Gasteiger partial charge in [0.2, 0.25) is 0 Å². The number of alkyl halides is 3. The van der Waals surface area contributed by atoms with E-state index >= 15 is 0 Å². The summed E-state index contributed by atoms with van der Waals surface area (Å²) in [5, 5.41) is 9.68. The number of benzene rings is 1. The summed E-state index contributed by atoms with van der Waals surface area (Å²) in [6.07, 6.45) is -1.93. The average molecular weight is 309 g/mol. The van der Waals surface area contributed by atoms with E-state index in [9.17, 15) is 13.2 Å². The molecule has 0 aliphatic rings. The summed E-state index contributed by atoms with van der Waals surface area (Å²) in [6.45, 7) is 0. The number of nitrogens with zero attached hydrogens (tertiary/aromatic N) is 2. The van der Waals surface area contributed by atoms with Crippen molar-refractivity contribution in [3.63, 3.8) is 0 Å². The standard InChI is InChI=1S/C15H8ClF3N2/c16-13-4-2-11(3-5-13)12(8-20)7-10-1-6-14(21-9-10)15(17,18)19/h1-7,9H/b12-7+. The first-order chi connectivity index (χ1) is 9.90. The molecule has 2 nitrogen and oxygen atoms in total. The monoisotopic (exact) mass is 308 g/mol. The van der Waals surface area contributed by atoms with Crippen molar-refractivity contribution in [2.24, 2.45) is 0 Å². The van der Waals surface area contributed by atoms with Crippen molar-refractivity contribution in [3.8, 4) is 6.07 Å². The zero-order valence-corrected chi connectivity index (χ0v) is 11.3. The number of halogens is 4. The van der Waals surface area contributed by atoms with Crippen LogP contribution in [0.25, 0.3) is 11.6 Å². The summed E-state index contributed by atoms with van der Waals surface area (Å²) in [5.74, 6) is 0. The molecule has 0 fully saturated rings. The van der Waals surface area contributed by atoms with Gasteiger partial charge in [-0.2, -0.15) is 18.4 Å². The lowest BCUT2D eigenvalue weighted by molar-refractivity contribution is -0.141. The van der Waals surface area contributed by atoms with Gasteiger partial charge in [0.1, 0.15) is 5.69 Å². The minimum atomic E-state index is -4.48. The van der Waals surface area contributed by atoms with E-state index in [1.54, 1.807) is 24.3 Å². The second-order valence-electron chi connectivity index (χ2n) is 4.15. The van der Waals surface area contributed by atoms with E-state index in [2.05, 4.69) is 4.98 Å². The fourth-order valence-electron chi connectivity index (χ4n) is 1.63. The maximum atomic E-state index is 12.4. The van der Waals surface area contributed by atoms with Crippen LogP contribution in [0.4, 0.5) is 13.2 Å². The Morgan fingerprint density at radius 3 is 2.29 bits per heavy atom. The van der Waals surface area contributed by atoms with Crippen molar-refractivity contribution in [1.82, 2.24) is 4.98 Å². The Morgan fingerprint density at radius 2 is 1.81 bits per heavy atom. The molecule has 0 aliphatic heterocycles. The van der Waals surface area contributed by atoms with Gasteiger partial charge in [0, 0.05) is 11.2 Å². The van der Waals surface area contributed by atoms with Crippen LogP contribution in [0.1, 0.15) is 16.8 Å². The van der Waals surface area contributed by atoms with Gasteiger partial charge in [-0.25, -0.2) is 0 Å². The lowest BCUT2D eigenvalue weighted by Crippen LogP contribution is -2.07. The fourth-order valence-corrected chi connectivity index (χ4v) is 1.76. The Balaban J connectivity index is 2.33. The van der Waals surface area contributed by atoms with Crippen LogP contribution in [0.15, 0.2) is 42.6 Å². The van der Waals surface area contributed by atoms with Crippen LogP contribution in [0.3, 0.4) is 0 Å². The van der Waals surface area contributed by atoms with Crippen molar-refractivity contribution in [3.05, 3.63) is 64.4 Å². The molecule has 1 heterocycles. The minimum absolute atomic E-state index is 0.313. The topological polar surface area (TPSA) is 36.7 Å². The third-order valence-electron chi connectivity index (χ3n) is 2.66. The highest BCUT2D eigenvalue weighted by Gasteiger charge is 2.31. The van der Waals surface area contributed by atoms with Crippen molar-refractivity contribution >= 4 is 23.3 Å². The zero-order valence-electron chi connectivity index (χ0n) is 10.5. The molecule has 0 aliphatic carbocycles. The number of pyridine rings is 1. The van der Waals surface area contributed by atoms with Gasteiger partial charge in [-0.05, 0) is 35.4 Å². The SMILES string of the molecule is N#C/C(=C\c1ccc(C(F)(F)F)nc1)c1ccc(Cl)cc1. The van der Waals surface area contributed by atoms with E-state index in [4.69, 9.17) is 16.9 Å². The molecule has 0 radical (unpaired) electrons. The van der Waals surface area contributed by atoms with E-state index in [-0.39, 0.29) is 0 Å². The molecule has 2 rings (SSSR count). The van der Waals surface area contributed by atoms with Gasteiger partial charge in [-0.15, -0.1) is 0 Å². The Hall–Kier alpha value is -2.32. The molecule has 0 unspecified atom stereocenters. The highest BCUT2D eigenvalue weighted by molar-refractivity contribution is 6.30. The van der Waals surface area contributed by atoms with E-state index in [1.807, 2.05) is 6.07 Å². The molecule has 2 aromatic rings. The van der Waals surface area contributed by atoms with Crippen LogP contribution in [0.2, 0.25) is 5.02 Å². The predicted octanol–water partition coefficient (Wildman–Crippen LogP) is 4.82. The van der Waals surface area contributed by atoms with Crippen molar-refractivity contribution in [2.75, 3.05) is 0 Å². The van der Waals surface area contributed by atoms with Crippen LogP contribution in [-0.2, 0) is 6.18 Å². The molecular formula is C15H8ClF3N2. The quantitative estimate of drug-likeness (QED) is 0.746. The van der Waals surface area contributed by atoms with Gasteiger partial charge in [0.05, 0.1) is 11.6 Å². The Morgan fingerprint density at radius 1 is 1.14 bits per heavy atom. The minimum Gasteiger partial charge on any atom is -0.251 e. The van der Waals surface area contributed by atoms with E-state index in [1.165, 1.54) is 12.1 Å². The molecule has 0 bridgehead atoms. The smallest absolute Gasteiger partial charge is 0.251 e. The molecule has 0 saturated heterocycles. The summed E-state index contributed by atoms with van der Waals surface area (Å²) < 4.78 is 37.2. The lowest BCUT2D eigenvalue weighted by Gasteiger charge is -2.05. The van der Waals surface area contributed by atoms with Crippen molar-refractivity contribution in [2.45, 2.75) is 6.18 Å². The maximum Gasteiger partial charge on any atom is 0.433 e. The number of hydrogen-bond donors (Lipinski definition) is 0. The zero-order chi connectivity index (χ0) is 15.5. The van der Waals surface area contributed by atoms with Crippen molar-refractivity contribution < 1.29 is 13.2 Å². The summed E-state index contributed by atoms with van der Waals surface area (Å²) in [6, 6.07) is 10.7. The van der Waals surface area contributed by atoms with Gasteiger partial charge in [0.25, 0.3) is 0 Å². The van der Waals surface area contributed by atoms with Crippen LogP contribution in [0, 0.1) is 11.3 Å². The Labute approximate surface area is 124 Å². The highest BCUT2D eigenvalue weighted by atomic mass is 35.5. The summed E-state index contributed by atoms with van der Waals surface area (Å²) in [5.41, 5.74) is 0.383. The van der Waals surface area contributed by atoms with E-state index < -0.39 is 11.9 Å². The largest absolute Gasteiger partial charge is 0.433 e. The van der Waals surface area contributed by atoms with E-state index in [0.29, 0.717) is 21.7 Å². The second-order valence-corrected chi connectivity index (χ2v) is 4.59. The van der Waals surface area contributed by atoms with Gasteiger partial charge < -0.3 is 0 Å².